The lowest BCUT2D eigenvalue weighted by Gasteiger charge is -2.08. The molecule has 16 heavy (non-hydrogen) atoms. The number of aromatic amines is 1. The molecule has 0 bridgehead atoms. The average molecular weight is 238 g/mol. The lowest BCUT2D eigenvalue weighted by molar-refractivity contribution is 0.626. The van der Waals surface area contributed by atoms with Crippen molar-refractivity contribution in [1.82, 2.24) is 29.5 Å². The Morgan fingerprint density at radius 3 is 2.81 bits per heavy atom. The number of rotatable bonds is 3. The van der Waals surface area contributed by atoms with Crippen LogP contribution < -0.4 is 0 Å². The van der Waals surface area contributed by atoms with E-state index in [0.717, 1.165) is 11.6 Å². The summed E-state index contributed by atoms with van der Waals surface area (Å²) >= 11 is 5.20. The summed E-state index contributed by atoms with van der Waals surface area (Å²) in [4.78, 5) is 0. The second-order valence-corrected chi connectivity index (χ2v) is 4.37. The molecule has 7 heteroatoms. The zero-order valence-electron chi connectivity index (χ0n) is 9.51. The Morgan fingerprint density at radius 1 is 1.50 bits per heavy atom. The highest BCUT2D eigenvalue weighted by molar-refractivity contribution is 7.71. The maximum Gasteiger partial charge on any atom is 0.195 e. The van der Waals surface area contributed by atoms with Crippen molar-refractivity contribution in [3.8, 4) is 0 Å². The van der Waals surface area contributed by atoms with Crippen LogP contribution in [0.3, 0.4) is 0 Å². The van der Waals surface area contributed by atoms with E-state index in [1.807, 2.05) is 16.2 Å². The van der Waals surface area contributed by atoms with Gasteiger partial charge in [-0.1, -0.05) is 13.8 Å². The van der Waals surface area contributed by atoms with Gasteiger partial charge in [0.25, 0.3) is 0 Å². The minimum absolute atomic E-state index is 0.321. The van der Waals surface area contributed by atoms with E-state index in [2.05, 4.69) is 34.2 Å². The number of aromatic nitrogens is 6. The number of hydrogen-bond donors (Lipinski definition) is 1. The highest BCUT2D eigenvalue weighted by Gasteiger charge is 2.12. The number of nitrogens with zero attached hydrogens (tertiary/aromatic N) is 5. The fourth-order valence-corrected chi connectivity index (χ4v) is 1.72. The van der Waals surface area contributed by atoms with E-state index in [9.17, 15) is 0 Å². The standard InChI is InChI=1S/C9H14N6S/c1-6(2)8-12-13-9(16)15(8)4-7-11-10-5-14(7)3/h5-6H,4H2,1-3H3,(H,13,16). The molecule has 0 amide bonds. The summed E-state index contributed by atoms with van der Waals surface area (Å²) in [5.74, 6) is 2.12. The van der Waals surface area contributed by atoms with E-state index in [1.165, 1.54) is 0 Å². The van der Waals surface area contributed by atoms with E-state index < -0.39 is 0 Å². The monoisotopic (exact) mass is 238 g/mol. The van der Waals surface area contributed by atoms with Crippen LogP contribution in [0.25, 0.3) is 0 Å². The molecule has 86 valence electrons. The molecule has 2 rings (SSSR count). The van der Waals surface area contributed by atoms with Crippen molar-refractivity contribution in [2.45, 2.75) is 26.3 Å². The van der Waals surface area contributed by atoms with Crippen LogP contribution in [0.1, 0.15) is 31.4 Å². The maximum absolute atomic E-state index is 5.20. The Morgan fingerprint density at radius 2 is 2.25 bits per heavy atom. The quantitative estimate of drug-likeness (QED) is 0.817. The van der Waals surface area contributed by atoms with Gasteiger partial charge in [0.2, 0.25) is 0 Å². The van der Waals surface area contributed by atoms with E-state index in [4.69, 9.17) is 12.2 Å². The van der Waals surface area contributed by atoms with Crippen molar-refractivity contribution < 1.29 is 0 Å². The molecule has 2 heterocycles. The summed E-state index contributed by atoms with van der Waals surface area (Å²) in [5, 5.41) is 14.9. The van der Waals surface area contributed by atoms with Crippen LogP contribution in [-0.4, -0.2) is 29.5 Å². The summed E-state index contributed by atoms with van der Waals surface area (Å²) in [6.07, 6.45) is 1.67. The second kappa shape index (κ2) is 4.17. The molecule has 1 N–H and O–H groups in total. The molecule has 0 atom stereocenters. The molecule has 6 nitrogen and oxygen atoms in total. The Hall–Kier alpha value is -1.50. The molecule has 0 spiro atoms. The van der Waals surface area contributed by atoms with Gasteiger partial charge in [0.1, 0.15) is 12.2 Å². The van der Waals surface area contributed by atoms with Crippen molar-refractivity contribution in [2.75, 3.05) is 0 Å². The lowest BCUT2D eigenvalue weighted by atomic mass is 10.2. The summed E-state index contributed by atoms with van der Waals surface area (Å²) in [5.41, 5.74) is 0. The average Bonchev–Trinajstić information content (AvgIpc) is 2.76. The largest absolute Gasteiger partial charge is 0.319 e. The molecule has 0 aliphatic carbocycles. The topological polar surface area (TPSA) is 64.3 Å². The molecule has 0 aromatic carbocycles. The molecular weight excluding hydrogens is 224 g/mol. The van der Waals surface area contributed by atoms with Gasteiger partial charge in [-0.25, -0.2) is 0 Å². The van der Waals surface area contributed by atoms with Gasteiger partial charge in [0.15, 0.2) is 10.6 Å². The first-order valence-electron chi connectivity index (χ1n) is 5.07. The smallest absolute Gasteiger partial charge is 0.195 e. The van der Waals surface area contributed by atoms with E-state index >= 15 is 0 Å². The van der Waals surface area contributed by atoms with Crippen molar-refractivity contribution in [3.63, 3.8) is 0 Å². The van der Waals surface area contributed by atoms with Gasteiger partial charge in [0.05, 0.1) is 6.54 Å². The fraction of sp³-hybridized carbons (Fsp3) is 0.556. The van der Waals surface area contributed by atoms with Crippen LogP contribution in [0, 0.1) is 4.77 Å². The van der Waals surface area contributed by atoms with Gasteiger partial charge in [-0.3, -0.25) is 9.67 Å². The SMILES string of the molecule is CC(C)c1n[nH]c(=S)n1Cc1nncn1C. The Bertz CT molecular complexity index is 534. The van der Waals surface area contributed by atoms with Crippen LogP contribution in [0.4, 0.5) is 0 Å². The summed E-state index contributed by atoms with van der Waals surface area (Å²) in [6.45, 7) is 4.76. The van der Waals surface area contributed by atoms with Crippen LogP contribution in [0.2, 0.25) is 0 Å². The van der Waals surface area contributed by atoms with Crippen LogP contribution in [0.5, 0.6) is 0 Å². The van der Waals surface area contributed by atoms with Crippen molar-refractivity contribution in [2.24, 2.45) is 7.05 Å². The van der Waals surface area contributed by atoms with Crippen LogP contribution in [-0.2, 0) is 13.6 Å². The molecular formula is C9H14N6S. The number of H-pyrrole nitrogens is 1. The number of nitrogens with one attached hydrogen (secondary N) is 1. The Balaban J connectivity index is 2.38. The number of aryl methyl sites for hydroxylation is 1. The summed E-state index contributed by atoms with van der Waals surface area (Å²) < 4.78 is 4.44. The predicted octanol–water partition coefficient (Wildman–Crippen LogP) is 1.24. The molecule has 0 aliphatic heterocycles. The van der Waals surface area contributed by atoms with E-state index in [-0.39, 0.29) is 0 Å². The normalized spacial score (nSPS) is 11.2. The zero-order chi connectivity index (χ0) is 11.7. The summed E-state index contributed by atoms with van der Waals surface area (Å²) in [7, 11) is 1.91. The molecule has 0 aliphatic rings. The van der Waals surface area contributed by atoms with Crippen LogP contribution in [0.15, 0.2) is 6.33 Å². The third-order valence-corrected chi connectivity index (χ3v) is 2.72. The third kappa shape index (κ3) is 1.90. The minimum atomic E-state index is 0.321. The Kier molecular flexibility index (Phi) is 2.86. The van der Waals surface area contributed by atoms with E-state index in [0.29, 0.717) is 17.2 Å². The van der Waals surface area contributed by atoms with Gasteiger partial charge in [0, 0.05) is 13.0 Å². The first-order chi connectivity index (χ1) is 7.59. The molecule has 2 aromatic heterocycles. The van der Waals surface area contributed by atoms with Gasteiger partial charge in [-0.05, 0) is 12.2 Å². The lowest BCUT2D eigenvalue weighted by Crippen LogP contribution is -2.10. The number of hydrogen-bond acceptors (Lipinski definition) is 4. The van der Waals surface area contributed by atoms with E-state index in [1.54, 1.807) is 6.33 Å². The van der Waals surface area contributed by atoms with Gasteiger partial charge >= 0.3 is 0 Å². The molecule has 0 fully saturated rings. The first kappa shape index (κ1) is 11.0. The van der Waals surface area contributed by atoms with Crippen molar-refractivity contribution in [1.29, 1.82) is 0 Å². The van der Waals surface area contributed by atoms with Crippen molar-refractivity contribution >= 4 is 12.2 Å². The minimum Gasteiger partial charge on any atom is -0.319 e. The zero-order valence-corrected chi connectivity index (χ0v) is 10.3. The van der Waals surface area contributed by atoms with Gasteiger partial charge < -0.3 is 4.57 Å². The molecule has 0 unspecified atom stereocenters. The molecule has 0 radical (unpaired) electrons. The third-order valence-electron chi connectivity index (χ3n) is 2.41. The molecule has 2 aromatic rings. The van der Waals surface area contributed by atoms with Crippen LogP contribution >= 0.6 is 12.2 Å². The maximum atomic E-state index is 5.20. The second-order valence-electron chi connectivity index (χ2n) is 3.99. The predicted molar refractivity (Wildman–Crippen MR) is 61.6 cm³/mol. The highest BCUT2D eigenvalue weighted by Crippen LogP contribution is 2.12. The Labute approximate surface area is 98.3 Å². The van der Waals surface area contributed by atoms with Gasteiger partial charge in [-0.2, -0.15) is 5.10 Å². The molecule has 0 saturated carbocycles. The summed E-state index contributed by atoms with van der Waals surface area (Å²) in [6, 6.07) is 0. The van der Waals surface area contributed by atoms with Gasteiger partial charge in [-0.15, -0.1) is 10.2 Å². The first-order valence-corrected chi connectivity index (χ1v) is 5.48. The van der Waals surface area contributed by atoms with Crippen molar-refractivity contribution in [3.05, 3.63) is 22.7 Å². The fourth-order valence-electron chi connectivity index (χ4n) is 1.52. The highest BCUT2D eigenvalue weighted by atomic mass is 32.1. The molecule has 0 saturated heterocycles.